The summed E-state index contributed by atoms with van der Waals surface area (Å²) < 4.78 is 7.40. The van der Waals surface area contributed by atoms with Gasteiger partial charge in [-0.05, 0) is 68.0 Å². The van der Waals surface area contributed by atoms with Gasteiger partial charge in [-0.3, -0.25) is 14.0 Å². The first-order valence-electron chi connectivity index (χ1n) is 11.8. The van der Waals surface area contributed by atoms with Crippen molar-refractivity contribution in [2.24, 2.45) is 5.92 Å². The van der Waals surface area contributed by atoms with Crippen molar-refractivity contribution in [1.82, 2.24) is 19.6 Å². The molecule has 1 aromatic carbocycles. The van der Waals surface area contributed by atoms with Gasteiger partial charge in [0.2, 0.25) is 0 Å². The van der Waals surface area contributed by atoms with E-state index < -0.39 is 0 Å². The van der Waals surface area contributed by atoms with Gasteiger partial charge in [0.05, 0.1) is 34.5 Å². The van der Waals surface area contributed by atoms with Gasteiger partial charge in [0.25, 0.3) is 11.8 Å². The number of hydrogen-bond donors (Lipinski definition) is 1. The lowest BCUT2D eigenvalue weighted by Gasteiger charge is -2.32. The fourth-order valence-corrected chi connectivity index (χ4v) is 5.88. The van der Waals surface area contributed by atoms with E-state index in [1.807, 2.05) is 29.2 Å². The Balaban J connectivity index is 0.00000304. The van der Waals surface area contributed by atoms with E-state index in [1.54, 1.807) is 31.5 Å². The lowest BCUT2D eigenvalue weighted by molar-refractivity contribution is -0.116. The van der Waals surface area contributed by atoms with E-state index in [2.05, 4.69) is 14.7 Å². The minimum Gasteiger partial charge on any atom is -0.496 e. The number of rotatable bonds is 7. The van der Waals surface area contributed by atoms with E-state index in [9.17, 15) is 9.59 Å². The van der Waals surface area contributed by atoms with Crippen molar-refractivity contribution in [3.05, 3.63) is 63.8 Å². The van der Waals surface area contributed by atoms with Gasteiger partial charge in [-0.2, -0.15) is 0 Å². The first-order valence-corrected chi connectivity index (χ1v) is 13.0. The zero-order valence-electron chi connectivity index (χ0n) is 19.9. The molecule has 0 unspecified atom stereocenters. The topological polar surface area (TPSA) is 75.9 Å². The Morgan fingerprint density at radius 2 is 2.03 bits per heavy atom. The highest BCUT2D eigenvalue weighted by Gasteiger charge is 2.26. The van der Waals surface area contributed by atoms with Crippen LogP contribution < -0.4 is 10.1 Å². The van der Waals surface area contributed by atoms with E-state index in [4.69, 9.17) is 16.3 Å². The summed E-state index contributed by atoms with van der Waals surface area (Å²) in [6, 6.07) is 11.0. The third-order valence-electron chi connectivity index (χ3n) is 6.61. The normalized spacial score (nSPS) is 15.3. The van der Waals surface area contributed by atoms with Crippen LogP contribution in [-0.2, 0) is 4.79 Å². The van der Waals surface area contributed by atoms with Gasteiger partial charge in [-0.25, -0.2) is 4.98 Å². The van der Waals surface area contributed by atoms with Crippen LogP contribution in [0.15, 0.2) is 52.5 Å². The van der Waals surface area contributed by atoms with Crippen LogP contribution in [0.4, 0.5) is 0 Å². The first kappa shape index (κ1) is 26.4. The summed E-state index contributed by atoms with van der Waals surface area (Å²) in [5.74, 6) is 1.00. The lowest BCUT2D eigenvalue weighted by Crippen LogP contribution is -2.38. The Labute approximate surface area is 225 Å². The Hall–Kier alpha value is -2.68. The Bertz CT molecular complexity index is 1300. The van der Waals surface area contributed by atoms with E-state index in [-0.39, 0.29) is 24.2 Å². The fourth-order valence-electron chi connectivity index (χ4n) is 4.72. The highest BCUT2D eigenvalue weighted by atomic mass is 35.5. The van der Waals surface area contributed by atoms with Crippen molar-refractivity contribution in [3.63, 3.8) is 0 Å². The molecule has 0 radical (unpaired) electrons. The van der Waals surface area contributed by atoms with Crippen molar-refractivity contribution in [3.8, 4) is 5.75 Å². The van der Waals surface area contributed by atoms with Crippen LogP contribution in [0.2, 0.25) is 5.02 Å². The predicted octanol–water partition coefficient (Wildman–Crippen LogP) is 5.31. The molecule has 0 atom stereocenters. The molecule has 1 saturated heterocycles. The van der Waals surface area contributed by atoms with Crippen molar-refractivity contribution in [1.29, 1.82) is 0 Å². The molecule has 2 aromatic heterocycles. The number of pyridine rings is 1. The minimum atomic E-state index is -0.0446. The number of carbonyl (C=O) groups is 2. The van der Waals surface area contributed by atoms with Crippen molar-refractivity contribution in [2.75, 3.05) is 26.7 Å². The monoisotopic (exact) mass is 546 g/mol. The largest absolute Gasteiger partial charge is 0.496 e. The summed E-state index contributed by atoms with van der Waals surface area (Å²) >= 11 is 7.49. The summed E-state index contributed by atoms with van der Waals surface area (Å²) in [6.45, 7) is 2.09. The zero-order valence-corrected chi connectivity index (χ0v) is 22.3. The average molecular weight is 548 g/mol. The third kappa shape index (κ3) is 5.51. The maximum Gasteiger partial charge on any atom is 0.258 e. The Kier molecular flexibility index (Phi) is 8.49. The number of amides is 2. The Morgan fingerprint density at radius 1 is 1.22 bits per heavy atom. The lowest BCUT2D eigenvalue weighted by atomic mass is 9.92. The van der Waals surface area contributed by atoms with Gasteiger partial charge in [-0.15, -0.1) is 12.4 Å². The molecule has 1 N–H and O–H groups in total. The van der Waals surface area contributed by atoms with E-state index in [1.165, 1.54) is 11.8 Å². The second-order valence-corrected chi connectivity index (χ2v) is 10.3. The van der Waals surface area contributed by atoms with Crippen LogP contribution in [-0.4, -0.2) is 52.8 Å². The third-order valence-corrected chi connectivity index (χ3v) is 7.89. The Morgan fingerprint density at radius 3 is 2.81 bits per heavy atom. The smallest absolute Gasteiger partial charge is 0.258 e. The predicted molar refractivity (Wildman–Crippen MR) is 145 cm³/mol. The maximum absolute atomic E-state index is 12.9. The second-order valence-electron chi connectivity index (χ2n) is 8.83. The number of ether oxygens (including phenoxy) is 1. The molecule has 36 heavy (non-hydrogen) atoms. The molecule has 0 aliphatic carbocycles. The van der Waals surface area contributed by atoms with Crippen LogP contribution in [0.25, 0.3) is 11.7 Å². The molecule has 0 saturated carbocycles. The van der Waals surface area contributed by atoms with Gasteiger partial charge in [0, 0.05) is 24.7 Å². The molecular formula is C26H28Cl2N4O3S. The van der Waals surface area contributed by atoms with Crippen LogP contribution in [0.1, 0.15) is 41.7 Å². The van der Waals surface area contributed by atoms with E-state index >= 15 is 0 Å². The summed E-state index contributed by atoms with van der Waals surface area (Å²) in [5, 5.41) is 4.61. The molecule has 2 aliphatic heterocycles. The maximum atomic E-state index is 12.9. The SMILES string of the molecule is COc1cc(Cl)ccc1C(=O)N1CCC(CCCNC(=O)C2=Cc3cnc4cccc(n34)S2)CC1.Cl. The molecule has 7 nitrogen and oxygen atoms in total. The van der Waals surface area contributed by atoms with E-state index in [0.717, 1.165) is 55.1 Å². The minimum absolute atomic E-state index is 0. The number of benzene rings is 1. The summed E-state index contributed by atoms with van der Waals surface area (Å²) in [6.07, 6.45) is 7.57. The summed E-state index contributed by atoms with van der Waals surface area (Å²) in [7, 11) is 1.55. The van der Waals surface area contributed by atoms with Gasteiger partial charge in [-0.1, -0.05) is 29.4 Å². The summed E-state index contributed by atoms with van der Waals surface area (Å²) in [4.78, 5) is 32.7. The molecule has 1 fully saturated rings. The quantitative estimate of drug-likeness (QED) is 0.406. The number of nitrogens with zero attached hydrogens (tertiary/aromatic N) is 3. The molecule has 2 aliphatic rings. The number of carbonyl (C=O) groups excluding carboxylic acids is 2. The van der Waals surface area contributed by atoms with Gasteiger partial charge in [0.1, 0.15) is 11.4 Å². The number of thioether (sulfide) groups is 1. The average Bonchev–Trinajstić information content (AvgIpc) is 3.30. The molecule has 2 amide bonds. The number of methoxy groups -OCH3 is 1. The van der Waals surface area contributed by atoms with Crippen molar-refractivity contribution in [2.45, 2.75) is 30.7 Å². The molecule has 3 aromatic rings. The van der Waals surface area contributed by atoms with Gasteiger partial charge in [0.15, 0.2) is 0 Å². The molecule has 190 valence electrons. The number of hydrogen-bond acceptors (Lipinski definition) is 5. The van der Waals surface area contributed by atoms with Gasteiger partial charge < -0.3 is 15.0 Å². The second kappa shape index (κ2) is 11.6. The highest BCUT2D eigenvalue weighted by Crippen LogP contribution is 2.34. The van der Waals surface area contributed by atoms with Gasteiger partial charge >= 0.3 is 0 Å². The number of aromatic nitrogens is 2. The van der Waals surface area contributed by atoms with Crippen molar-refractivity contribution < 1.29 is 14.3 Å². The number of nitrogens with one attached hydrogen (secondary N) is 1. The number of likely N-dealkylation sites (tertiary alicyclic amines) is 1. The van der Waals surface area contributed by atoms with Crippen LogP contribution >= 0.6 is 35.8 Å². The van der Waals surface area contributed by atoms with Crippen LogP contribution in [0.3, 0.4) is 0 Å². The fraction of sp³-hybridized carbons (Fsp3) is 0.346. The summed E-state index contributed by atoms with van der Waals surface area (Å²) in [5.41, 5.74) is 2.37. The first-order chi connectivity index (χ1) is 17.0. The molecular weight excluding hydrogens is 519 g/mol. The van der Waals surface area contributed by atoms with Crippen molar-refractivity contribution >= 4 is 59.3 Å². The highest BCUT2D eigenvalue weighted by molar-refractivity contribution is 8.04. The standard InChI is InChI=1S/C26H27ClN4O3S.ClH/c1-34-21-14-18(27)7-8-20(21)26(33)30-12-9-17(10-13-30)4-3-11-28-25(32)22-15-19-16-29-23-5-2-6-24(35-22)31(19)23;/h2,5-8,14-17H,3-4,9-13H2,1H3,(H,28,32);1H. The van der Waals surface area contributed by atoms with Crippen LogP contribution in [0.5, 0.6) is 5.75 Å². The molecule has 0 bridgehead atoms. The molecule has 10 heteroatoms. The molecule has 0 spiro atoms. The number of piperidine rings is 1. The molecule has 4 heterocycles. The van der Waals surface area contributed by atoms with E-state index in [0.29, 0.717) is 33.7 Å². The van der Waals surface area contributed by atoms with Crippen LogP contribution in [0, 0.1) is 5.92 Å². The number of halogens is 2. The number of imidazole rings is 1. The molecule has 5 rings (SSSR count). The zero-order chi connectivity index (χ0) is 24.4.